The molecule has 21 heavy (non-hydrogen) atoms. The van der Waals surface area contributed by atoms with Crippen molar-refractivity contribution < 1.29 is 13.2 Å². The zero-order valence-corrected chi connectivity index (χ0v) is 11.9. The van der Waals surface area contributed by atoms with Crippen LogP contribution < -0.4 is 5.32 Å². The Morgan fingerprint density at radius 3 is 2.48 bits per heavy atom. The van der Waals surface area contributed by atoms with Gasteiger partial charge >= 0.3 is 6.18 Å². The largest absolute Gasteiger partial charge is 0.417 e. The number of halogens is 3. The van der Waals surface area contributed by atoms with Gasteiger partial charge in [0, 0.05) is 6.20 Å². The minimum absolute atomic E-state index is 0.211. The van der Waals surface area contributed by atoms with E-state index in [9.17, 15) is 13.2 Å². The molecule has 0 aliphatic rings. The van der Waals surface area contributed by atoms with Crippen LogP contribution in [0.1, 0.15) is 35.3 Å². The molecule has 0 aliphatic heterocycles. The van der Waals surface area contributed by atoms with E-state index in [1.807, 2.05) is 38.1 Å². The molecule has 0 aliphatic carbocycles. The Labute approximate surface area is 122 Å². The maximum atomic E-state index is 12.6. The molecule has 0 bridgehead atoms. The van der Waals surface area contributed by atoms with Crippen LogP contribution in [-0.4, -0.2) is 11.5 Å². The molecule has 1 N–H and O–H groups in total. The van der Waals surface area contributed by atoms with Crippen LogP contribution in [0.15, 0.2) is 42.6 Å². The standard InChI is InChI=1S/C16H17F3N2/c1-3-20-15(12-6-4-5-11(2)9-12)14-8-7-13(10-21-14)16(17,18)19/h4-10,15,20H,3H2,1-2H3. The van der Waals surface area contributed by atoms with Gasteiger partial charge in [0.1, 0.15) is 0 Å². The van der Waals surface area contributed by atoms with Crippen molar-refractivity contribution in [2.75, 3.05) is 6.54 Å². The second-order valence-corrected chi connectivity index (χ2v) is 4.87. The zero-order chi connectivity index (χ0) is 15.5. The third-order valence-electron chi connectivity index (χ3n) is 3.19. The van der Waals surface area contributed by atoms with Crippen molar-refractivity contribution in [3.05, 3.63) is 65.0 Å². The van der Waals surface area contributed by atoms with E-state index in [-0.39, 0.29) is 6.04 Å². The van der Waals surface area contributed by atoms with Crippen molar-refractivity contribution in [2.45, 2.75) is 26.1 Å². The van der Waals surface area contributed by atoms with Gasteiger partial charge in [0.25, 0.3) is 0 Å². The van der Waals surface area contributed by atoms with Gasteiger partial charge in [-0.15, -0.1) is 0 Å². The summed E-state index contributed by atoms with van der Waals surface area (Å²) >= 11 is 0. The van der Waals surface area contributed by atoms with Crippen molar-refractivity contribution in [1.82, 2.24) is 10.3 Å². The Hall–Kier alpha value is -1.88. The number of aromatic nitrogens is 1. The van der Waals surface area contributed by atoms with E-state index in [4.69, 9.17) is 0 Å². The maximum Gasteiger partial charge on any atom is 0.417 e. The number of alkyl halides is 3. The van der Waals surface area contributed by atoms with Gasteiger partial charge in [-0.25, -0.2) is 0 Å². The van der Waals surface area contributed by atoms with Gasteiger partial charge in [0.15, 0.2) is 0 Å². The molecule has 0 saturated carbocycles. The van der Waals surface area contributed by atoms with Crippen molar-refractivity contribution in [3.63, 3.8) is 0 Å². The predicted octanol–water partition coefficient (Wildman–Crippen LogP) is 4.11. The molecule has 0 saturated heterocycles. The molecule has 0 amide bonds. The lowest BCUT2D eigenvalue weighted by Gasteiger charge is -2.19. The highest BCUT2D eigenvalue weighted by atomic mass is 19.4. The van der Waals surface area contributed by atoms with Crippen molar-refractivity contribution in [2.24, 2.45) is 0 Å². The van der Waals surface area contributed by atoms with Gasteiger partial charge in [-0.1, -0.05) is 36.8 Å². The number of rotatable bonds is 4. The first-order valence-corrected chi connectivity index (χ1v) is 6.75. The Morgan fingerprint density at radius 1 is 1.19 bits per heavy atom. The van der Waals surface area contributed by atoms with E-state index in [1.165, 1.54) is 6.07 Å². The lowest BCUT2D eigenvalue weighted by Crippen LogP contribution is -2.23. The zero-order valence-electron chi connectivity index (χ0n) is 11.9. The molecule has 112 valence electrons. The molecule has 0 radical (unpaired) electrons. The molecule has 5 heteroatoms. The fourth-order valence-corrected chi connectivity index (χ4v) is 2.19. The van der Waals surface area contributed by atoms with Crippen LogP contribution >= 0.6 is 0 Å². The first-order valence-electron chi connectivity index (χ1n) is 6.75. The SMILES string of the molecule is CCNC(c1cccc(C)c1)c1ccc(C(F)(F)F)cn1. The molecule has 1 aromatic heterocycles. The molecular weight excluding hydrogens is 277 g/mol. The van der Waals surface area contributed by atoms with Gasteiger partial charge in [0.2, 0.25) is 0 Å². The first-order chi connectivity index (χ1) is 9.91. The van der Waals surface area contributed by atoms with Crippen LogP contribution in [0.2, 0.25) is 0 Å². The van der Waals surface area contributed by atoms with E-state index in [1.54, 1.807) is 0 Å². The molecule has 0 spiro atoms. The molecule has 2 rings (SSSR count). The Bertz CT molecular complexity index is 591. The highest BCUT2D eigenvalue weighted by Crippen LogP contribution is 2.29. The summed E-state index contributed by atoms with van der Waals surface area (Å²) in [5.74, 6) is 0. The number of hydrogen-bond donors (Lipinski definition) is 1. The Balaban J connectivity index is 2.34. The van der Waals surface area contributed by atoms with Crippen LogP contribution in [0.4, 0.5) is 13.2 Å². The third-order valence-corrected chi connectivity index (χ3v) is 3.19. The molecule has 0 fully saturated rings. The van der Waals surface area contributed by atoms with Crippen molar-refractivity contribution >= 4 is 0 Å². The summed E-state index contributed by atoms with van der Waals surface area (Å²) in [5, 5.41) is 3.26. The quantitative estimate of drug-likeness (QED) is 0.918. The van der Waals surface area contributed by atoms with Gasteiger partial charge in [-0.05, 0) is 31.2 Å². The summed E-state index contributed by atoms with van der Waals surface area (Å²) in [4.78, 5) is 3.99. The lowest BCUT2D eigenvalue weighted by molar-refractivity contribution is -0.137. The van der Waals surface area contributed by atoms with E-state index in [2.05, 4.69) is 10.3 Å². The summed E-state index contributed by atoms with van der Waals surface area (Å²) in [5.41, 5.74) is 1.94. The molecule has 2 nitrogen and oxygen atoms in total. The number of nitrogens with one attached hydrogen (secondary N) is 1. The van der Waals surface area contributed by atoms with E-state index < -0.39 is 11.7 Å². The van der Waals surface area contributed by atoms with Crippen LogP contribution in [0.25, 0.3) is 0 Å². The number of nitrogens with zero attached hydrogens (tertiary/aromatic N) is 1. The van der Waals surface area contributed by atoms with Crippen LogP contribution in [0.3, 0.4) is 0 Å². The number of benzene rings is 1. The summed E-state index contributed by atoms with van der Waals surface area (Å²) in [6, 6.07) is 10.1. The Kier molecular flexibility index (Phi) is 4.63. The van der Waals surface area contributed by atoms with Crippen LogP contribution in [-0.2, 0) is 6.18 Å². The molecule has 1 unspecified atom stereocenters. The van der Waals surface area contributed by atoms with Gasteiger partial charge in [-0.3, -0.25) is 4.98 Å². The predicted molar refractivity (Wildman–Crippen MR) is 75.9 cm³/mol. The summed E-state index contributed by atoms with van der Waals surface area (Å²) < 4.78 is 37.8. The highest BCUT2D eigenvalue weighted by Gasteiger charge is 2.31. The maximum absolute atomic E-state index is 12.6. The average molecular weight is 294 g/mol. The molecule has 1 atom stereocenters. The number of aryl methyl sites for hydroxylation is 1. The monoisotopic (exact) mass is 294 g/mol. The van der Waals surface area contributed by atoms with Gasteiger partial charge in [-0.2, -0.15) is 13.2 Å². The summed E-state index contributed by atoms with van der Waals surface area (Å²) in [6.07, 6.45) is -3.47. The van der Waals surface area contributed by atoms with E-state index in [0.29, 0.717) is 12.2 Å². The van der Waals surface area contributed by atoms with E-state index in [0.717, 1.165) is 23.4 Å². The van der Waals surface area contributed by atoms with Crippen molar-refractivity contribution in [1.29, 1.82) is 0 Å². The smallest absolute Gasteiger partial charge is 0.305 e. The summed E-state index contributed by atoms with van der Waals surface area (Å²) in [7, 11) is 0. The normalized spacial score (nSPS) is 13.2. The third kappa shape index (κ3) is 3.82. The minimum Gasteiger partial charge on any atom is -0.305 e. The summed E-state index contributed by atoms with van der Waals surface area (Å²) in [6.45, 7) is 4.63. The molecule has 1 aromatic carbocycles. The fraction of sp³-hybridized carbons (Fsp3) is 0.312. The minimum atomic E-state index is -4.36. The van der Waals surface area contributed by atoms with Crippen molar-refractivity contribution in [3.8, 4) is 0 Å². The topological polar surface area (TPSA) is 24.9 Å². The first kappa shape index (κ1) is 15.5. The molecule has 2 aromatic rings. The number of hydrogen-bond acceptors (Lipinski definition) is 2. The Morgan fingerprint density at radius 2 is 1.95 bits per heavy atom. The average Bonchev–Trinajstić information content (AvgIpc) is 2.44. The highest BCUT2D eigenvalue weighted by molar-refractivity contribution is 5.32. The molecular formula is C16H17F3N2. The lowest BCUT2D eigenvalue weighted by atomic mass is 10.0. The second kappa shape index (κ2) is 6.26. The number of pyridine rings is 1. The van der Waals surface area contributed by atoms with Crippen LogP contribution in [0, 0.1) is 6.92 Å². The molecule has 1 heterocycles. The fourth-order valence-electron chi connectivity index (χ4n) is 2.19. The van der Waals surface area contributed by atoms with Crippen LogP contribution in [0.5, 0.6) is 0 Å². The van der Waals surface area contributed by atoms with E-state index >= 15 is 0 Å². The van der Waals surface area contributed by atoms with Gasteiger partial charge in [0.05, 0.1) is 17.3 Å². The van der Waals surface area contributed by atoms with Gasteiger partial charge < -0.3 is 5.32 Å². The second-order valence-electron chi connectivity index (χ2n) is 4.87.